The maximum absolute atomic E-state index is 11.9. The van der Waals surface area contributed by atoms with Crippen LogP contribution in [0.4, 0.5) is 5.69 Å². The first-order valence-electron chi connectivity index (χ1n) is 5.55. The van der Waals surface area contributed by atoms with Crippen molar-refractivity contribution in [2.24, 2.45) is 0 Å². The van der Waals surface area contributed by atoms with E-state index < -0.39 is 14.6 Å². The van der Waals surface area contributed by atoms with Gasteiger partial charge in [-0.1, -0.05) is 29.3 Å². The van der Waals surface area contributed by atoms with Gasteiger partial charge in [0.2, 0.25) is 0 Å². The number of benzene rings is 1. The SMILES string of the molecule is CC(C)(C)S(=O)(=O)CCNc1cccc(Cl)c1Cl. The topological polar surface area (TPSA) is 46.2 Å². The molecule has 0 saturated heterocycles. The molecule has 0 unspecified atom stereocenters. The fourth-order valence-corrected chi connectivity index (χ4v) is 2.62. The average Bonchev–Trinajstić information content (AvgIpc) is 2.22. The molecule has 1 aromatic rings. The van der Waals surface area contributed by atoms with E-state index in [1.165, 1.54) is 0 Å². The molecule has 0 aromatic heterocycles. The van der Waals surface area contributed by atoms with Crippen LogP contribution in [0.15, 0.2) is 18.2 Å². The van der Waals surface area contributed by atoms with Gasteiger partial charge < -0.3 is 5.32 Å². The van der Waals surface area contributed by atoms with Crippen LogP contribution in [0.25, 0.3) is 0 Å². The third-order valence-electron chi connectivity index (χ3n) is 2.57. The molecule has 0 atom stereocenters. The Labute approximate surface area is 118 Å². The molecule has 3 nitrogen and oxygen atoms in total. The Morgan fingerprint density at radius 2 is 1.83 bits per heavy atom. The Hall–Kier alpha value is -0.450. The molecule has 1 aromatic carbocycles. The number of nitrogens with one attached hydrogen (secondary N) is 1. The summed E-state index contributed by atoms with van der Waals surface area (Å²) in [7, 11) is -3.13. The minimum atomic E-state index is -3.13. The Morgan fingerprint density at radius 1 is 1.22 bits per heavy atom. The van der Waals surface area contributed by atoms with Gasteiger partial charge in [0.05, 0.1) is 26.2 Å². The Balaban J connectivity index is 2.66. The van der Waals surface area contributed by atoms with Crippen molar-refractivity contribution in [1.82, 2.24) is 0 Å². The highest BCUT2D eigenvalue weighted by molar-refractivity contribution is 7.92. The molecule has 0 spiro atoms. The summed E-state index contributed by atoms with van der Waals surface area (Å²) in [4.78, 5) is 0. The van der Waals surface area contributed by atoms with Gasteiger partial charge in [0, 0.05) is 6.54 Å². The highest BCUT2D eigenvalue weighted by Gasteiger charge is 2.28. The molecule has 0 radical (unpaired) electrons. The normalized spacial score (nSPS) is 12.5. The lowest BCUT2D eigenvalue weighted by atomic mass is 10.3. The molecule has 0 aliphatic carbocycles. The van der Waals surface area contributed by atoms with Crippen LogP contribution in [0.1, 0.15) is 20.8 Å². The number of hydrogen-bond donors (Lipinski definition) is 1. The van der Waals surface area contributed by atoms with Gasteiger partial charge >= 0.3 is 0 Å². The van der Waals surface area contributed by atoms with Crippen molar-refractivity contribution in [1.29, 1.82) is 0 Å². The Kier molecular flexibility index (Phi) is 4.92. The summed E-state index contributed by atoms with van der Waals surface area (Å²) in [6.07, 6.45) is 0. The van der Waals surface area contributed by atoms with Crippen molar-refractivity contribution < 1.29 is 8.42 Å². The van der Waals surface area contributed by atoms with E-state index in [1.807, 2.05) is 0 Å². The number of halogens is 2. The fourth-order valence-electron chi connectivity index (χ4n) is 1.27. The van der Waals surface area contributed by atoms with Crippen molar-refractivity contribution in [3.8, 4) is 0 Å². The van der Waals surface area contributed by atoms with Crippen LogP contribution >= 0.6 is 23.2 Å². The van der Waals surface area contributed by atoms with Gasteiger partial charge in [0.25, 0.3) is 0 Å². The quantitative estimate of drug-likeness (QED) is 0.924. The first-order valence-corrected chi connectivity index (χ1v) is 7.96. The predicted octanol–water partition coefficient (Wildman–Crippen LogP) is 3.62. The third kappa shape index (κ3) is 3.77. The lowest BCUT2D eigenvalue weighted by Gasteiger charge is -2.19. The highest BCUT2D eigenvalue weighted by Crippen LogP contribution is 2.29. The van der Waals surface area contributed by atoms with Crippen LogP contribution in [-0.4, -0.2) is 25.5 Å². The minimum absolute atomic E-state index is 0.0549. The van der Waals surface area contributed by atoms with E-state index in [4.69, 9.17) is 23.2 Å². The van der Waals surface area contributed by atoms with Gasteiger partial charge in [-0.2, -0.15) is 0 Å². The summed E-state index contributed by atoms with van der Waals surface area (Å²) in [6.45, 7) is 5.37. The lowest BCUT2D eigenvalue weighted by Crippen LogP contribution is -2.32. The van der Waals surface area contributed by atoms with Crippen LogP contribution < -0.4 is 5.32 Å². The first kappa shape index (κ1) is 15.6. The molecule has 0 bridgehead atoms. The van der Waals surface area contributed by atoms with E-state index >= 15 is 0 Å². The van der Waals surface area contributed by atoms with Crippen molar-refractivity contribution in [3.05, 3.63) is 28.2 Å². The maximum atomic E-state index is 11.9. The van der Waals surface area contributed by atoms with E-state index in [9.17, 15) is 8.42 Å². The second-order valence-corrected chi connectivity index (χ2v) is 8.61. The number of hydrogen-bond acceptors (Lipinski definition) is 3. The standard InChI is InChI=1S/C12H17Cl2NO2S/c1-12(2,3)18(16,17)8-7-15-10-6-4-5-9(13)11(10)14/h4-6,15H,7-8H2,1-3H3. The van der Waals surface area contributed by atoms with Crippen molar-refractivity contribution >= 4 is 38.7 Å². The van der Waals surface area contributed by atoms with E-state index in [2.05, 4.69) is 5.32 Å². The molecule has 0 saturated carbocycles. The molecule has 0 aliphatic heterocycles. The molecule has 0 fully saturated rings. The van der Waals surface area contributed by atoms with Gasteiger partial charge in [-0.25, -0.2) is 8.42 Å². The molecule has 0 heterocycles. The molecule has 1 rings (SSSR count). The van der Waals surface area contributed by atoms with Crippen molar-refractivity contribution in [2.45, 2.75) is 25.5 Å². The number of rotatable bonds is 4. The van der Waals surface area contributed by atoms with E-state index in [0.717, 1.165) is 0 Å². The fraction of sp³-hybridized carbons (Fsp3) is 0.500. The lowest BCUT2D eigenvalue weighted by molar-refractivity contribution is 0.560. The van der Waals surface area contributed by atoms with E-state index in [1.54, 1.807) is 39.0 Å². The van der Waals surface area contributed by atoms with Crippen LogP contribution in [0, 0.1) is 0 Å². The van der Waals surface area contributed by atoms with Crippen LogP contribution in [0.2, 0.25) is 10.0 Å². The van der Waals surface area contributed by atoms with Gasteiger partial charge in [0.1, 0.15) is 0 Å². The van der Waals surface area contributed by atoms with Crippen molar-refractivity contribution in [2.75, 3.05) is 17.6 Å². The first-order chi connectivity index (χ1) is 8.15. The molecule has 6 heteroatoms. The van der Waals surface area contributed by atoms with Crippen LogP contribution in [0.5, 0.6) is 0 Å². The van der Waals surface area contributed by atoms with Gasteiger partial charge in [-0.05, 0) is 32.9 Å². The Morgan fingerprint density at radius 3 is 2.39 bits per heavy atom. The smallest absolute Gasteiger partial charge is 0.156 e. The molecule has 0 aliphatic rings. The van der Waals surface area contributed by atoms with Crippen molar-refractivity contribution in [3.63, 3.8) is 0 Å². The summed E-state index contributed by atoms with van der Waals surface area (Å²) in [5.41, 5.74) is 0.647. The zero-order chi connectivity index (χ0) is 14.0. The molecule has 1 N–H and O–H groups in total. The van der Waals surface area contributed by atoms with Gasteiger partial charge in [-0.3, -0.25) is 0 Å². The molecular formula is C12H17Cl2NO2S. The van der Waals surface area contributed by atoms with Crippen LogP contribution in [-0.2, 0) is 9.84 Å². The minimum Gasteiger partial charge on any atom is -0.383 e. The monoisotopic (exact) mass is 309 g/mol. The highest BCUT2D eigenvalue weighted by atomic mass is 35.5. The van der Waals surface area contributed by atoms with Crippen LogP contribution in [0.3, 0.4) is 0 Å². The summed E-state index contributed by atoms with van der Waals surface area (Å²) < 4.78 is 23.0. The maximum Gasteiger partial charge on any atom is 0.156 e. The molecule has 0 amide bonds. The molecular weight excluding hydrogens is 293 g/mol. The number of anilines is 1. The second kappa shape index (κ2) is 5.68. The number of sulfone groups is 1. The molecule has 18 heavy (non-hydrogen) atoms. The van der Waals surface area contributed by atoms with E-state index in [-0.39, 0.29) is 5.75 Å². The molecule has 102 valence electrons. The zero-order valence-electron chi connectivity index (χ0n) is 10.6. The van der Waals surface area contributed by atoms with Gasteiger partial charge in [0.15, 0.2) is 9.84 Å². The third-order valence-corrected chi connectivity index (χ3v) is 6.00. The predicted molar refractivity (Wildman–Crippen MR) is 78.5 cm³/mol. The summed E-state index contributed by atoms with van der Waals surface area (Å²) in [5.74, 6) is 0.0549. The second-order valence-electron chi connectivity index (χ2n) is 4.96. The Bertz CT molecular complexity index is 521. The average molecular weight is 310 g/mol. The summed E-state index contributed by atoms with van der Waals surface area (Å²) >= 11 is 11.9. The summed E-state index contributed by atoms with van der Waals surface area (Å²) in [6, 6.07) is 5.20. The zero-order valence-corrected chi connectivity index (χ0v) is 13.0. The largest absolute Gasteiger partial charge is 0.383 e. The van der Waals surface area contributed by atoms with Gasteiger partial charge in [-0.15, -0.1) is 0 Å². The summed E-state index contributed by atoms with van der Waals surface area (Å²) in [5, 5.41) is 3.84. The van der Waals surface area contributed by atoms with E-state index in [0.29, 0.717) is 22.3 Å².